The SMILES string of the molecule is O=C(O)C([SiH3])(C(=O)O)C(=O)O. The third-order valence-electron chi connectivity index (χ3n) is 1.28. The first-order chi connectivity index (χ1) is 4.83. The van der Waals surface area contributed by atoms with E-state index in [2.05, 4.69) is 0 Å². The summed E-state index contributed by atoms with van der Waals surface area (Å²) in [5, 5.41) is 22.1. The molecule has 0 unspecified atom stereocenters. The first kappa shape index (κ1) is 9.63. The van der Waals surface area contributed by atoms with Crippen LogP contribution in [0, 0.1) is 0 Å². The highest BCUT2D eigenvalue weighted by atomic mass is 28.1. The van der Waals surface area contributed by atoms with Crippen LogP contribution in [0.4, 0.5) is 0 Å². The van der Waals surface area contributed by atoms with Crippen molar-refractivity contribution in [1.29, 1.82) is 0 Å². The van der Waals surface area contributed by atoms with E-state index in [1.165, 1.54) is 0 Å². The van der Waals surface area contributed by atoms with Crippen LogP contribution in [0.2, 0.25) is 5.04 Å². The van der Waals surface area contributed by atoms with E-state index < -0.39 is 33.2 Å². The van der Waals surface area contributed by atoms with Gasteiger partial charge < -0.3 is 15.3 Å². The summed E-state index contributed by atoms with van der Waals surface area (Å²) in [5.41, 5.74) is 0. The highest BCUT2D eigenvalue weighted by molar-refractivity contribution is 6.49. The van der Waals surface area contributed by atoms with Gasteiger partial charge in [0.2, 0.25) is 5.04 Å². The molecule has 0 fully saturated rings. The van der Waals surface area contributed by atoms with Crippen molar-refractivity contribution in [2.24, 2.45) is 0 Å². The zero-order valence-corrected chi connectivity index (χ0v) is 7.57. The van der Waals surface area contributed by atoms with Gasteiger partial charge in [0.1, 0.15) is 0 Å². The monoisotopic (exact) mass is 178 g/mol. The van der Waals surface area contributed by atoms with Gasteiger partial charge in [0.15, 0.2) is 0 Å². The maximum Gasteiger partial charge on any atom is 0.328 e. The van der Waals surface area contributed by atoms with E-state index in [9.17, 15) is 14.4 Å². The minimum absolute atomic E-state index is 0.477. The number of aliphatic carboxylic acids is 3. The zero-order valence-electron chi connectivity index (χ0n) is 5.57. The zero-order chi connectivity index (χ0) is 9.23. The van der Waals surface area contributed by atoms with E-state index >= 15 is 0 Å². The van der Waals surface area contributed by atoms with E-state index in [-0.39, 0.29) is 0 Å². The van der Waals surface area contributed by atoms with Crippen LogP contribution in [-0.2, 0) is 14.4 Å². The molecular formula is C4H6O6Si. The molecular weight excluding hydrogens is 172 g/mol. The molecule has 62 valence electrons. The summed E-state index contributed by atoms with van der Waals surface area (Å²) in [6.07, 6.45) is 0. The quantitative estimate of drug-likeness (QED) is 0.333. The van der Waals surface area contributed by atoms with E-state index in [4.69, 9.17) is 15.3 Å². The number of carbonyl (C=O) groups is 3. The van der Waals surface area contributed by atoms with Gasteiger partial charge >= 0.3 is 17.9 Å². The van der Waals surface area contributed by atoms with Crippen molar-refractivity contribution in [2.45, 2.75) is 5.04 Å². The van der Waals surface area contributed by atoms with Crippen LogP contribution < -0.4 is 0 Å². The molecule has 6 nitrogen and oxygen atoms in total. The molecule has 0 aliphatic carbocycles. The Bertz CT molecular complexity index is 185. The van der Waals surface area contributed by atoms with E-state index in [0.29, 0.717) is 0 Å². The molecule has 11 heavy (non-hydrogen) atoms. The third-order valence-corrected chi connectivity index (χ3v) is 2.57. The molecule has 0 aromatic rings. The Balaban J connectivity index is 4.99. The summed E-state index contributed by atoms with van der Waals surface area (Å²) in [5.74, 6) is -5.49. The fraction of sp³-hybridized carbons (Fsp3) is 0.250. The largest absolute Gasteiger partial charge is 0.480 e. The molecule has 0 rings (SSSR count). The van der Waals surface area contributed by atoms with Crippen LogP contribution in [-0.4, -0.2) is 43.5 Å². The molecule has 0 aromatic carbocycles. The van der Waals surface area contributed by atoms with Gasteiger partial charge in [-0.25, -0.2) is 0 Å². The molecule has 0 amide bonds. The lowest BCUT2D eigenvalue weighted by molar-refractivity contribution is -0.162. The molecule has 0 saturated heterocycles. The molecule has 0 saturated carbocycles. The van der Waals surface area contributed by atoms with Gasteiger partial charge in [-0.1, -0.05) is 0 Å². The van der Waals surface area contributed by atoms with Crippen LogP contribution in [0.25, 0.3) is 0 Å². The fourth-order valence-corrected chi connectivity index (χ4v) is 0.274. The molecule has 0 aliphatic heterocycles. The maximum absolute atomic E-state index is 10.2. The second kappa shape index (κ2) is 2.70. The highest BCUT2D eigenvalue weighted by Gasteiger charge is 2.49. The van der Waals surface area contributed by atoms with Crippen LogP contribution in [0.5, 0.6) is 0 Å². The van der Waals surface area contributed by atoms with Crippen molar-refractivity contribution < 1.29 is 29.7 Å². The Morgan fingerprint density at radius 1 is 0.909 bits per heavy atom. The van der Waals surface area contributed by atoms with Gasteiger partial charge in [0.05, 0.1) is 10.2 Å². The number of hydrogen-bond donors (Lipinski definition) is 3. The Hall–Kier alpha value is -1.37. The van der Waals surface area contributed by atoms with Gasteiger partial charge in [-0.3, -0.25) is 14.4 Å². The molecule has 0 aromatic heterocycles. The van der Waals surface area contributed by atoms with Crippen LogP contribution >= 0.6 is 0 Å². The fourth-order valence-electron chi connectivity index (χ4n) is 0.274. The average molecular weight is 178 g/mol. The minimum Gasteiger partial charge on any atom is -0.480 e. The minimum atomic E-state index is -2.61. The lowest BCUT2D eigenvalue weighted by Crippen LogP contribution is -2.39. The Kier molecular flexibility index (Phi) is 2.37. The van der Waals surface area contributed by atoms with Crippen molar-refractivity contribution in [3.05, 3.63) is 0 Å². The first-order valence-electron chi connectivity index (χ1n) is 2.53. The lowest BCUT2D eigenvalue weighted by Gasteiger charge is -2.12. The summed E-state index contributed by atoms with van der Waals surface area (Å²) in [6, 6.07) is 0. The summed E-state index contributed by atoms with van der Waals surface area (Å²) in [7, 11) is -0.477. The Morgan fingerprint density at radius 3 is 1.09 bits per heavy atom. The van der Waals surface area contributed by atoms with Gasteiger partial charge in [0.25, 0.3) is 0 Å². The van der Waals surface area contributed by atoms with Gasteiger partial charge in [-0.05, 0) is 0 Å². The van der Waals surface area contributed by atoms with E-state index in [1.54, 1.807) is 0 Å². The summed E-state index contributed by atoms with van der Waals surface area (Å²) in [4.78, 5) is 30.5. The normalized spacial score (nSPS) is 10.9. The van der Waals surface area contributed by atoms with Crippen molar-refractivity contribution in [3.63, 3.8) is 0 Å². The third kappa shape index (κ3) is 1.37. The number of carboxylic acid groups (broad SMARTS) is 3. The van der Waals surface area contributed by atoms with Crippen LogP contribution in [0.15, 0.2) is 0 Å². The lowest BCUT2D eigenvalue weighted by atomic mass is 10.1. The number of carboxylic acids is 3. The standard InChI is InChI=1S/C4H6O6Si/c5-1(6)4(11,2(7)8)3(9)10/h11H3,(H,5,6)(H,7,8)(H,9,10). The molecule has 0 atom stereocenters. The predicted octanol–water partition coefficient (Wildman–Crippen LogP) is -2.24. The highest BCUT2D eigenvalue weighted by Crippen LogP contribution is 2.21. The molecule has 0 radical (unpaired) electrons. The first-order valence-corrected chi connectivity index (χ1v) is 3.53. The van der Waals surface area contributed by atoms with E-state index in [1.807, 2.05) is 0 Å². The summed E-state index contributed by atoms with van der Waals surface area (Å²) in [6.45, 7) is 0. The predicted molar refractivity (Wildman–Crippen MR) is 35.5 cm³/mol. The van der Waals surface area contributed by atoms with Crippen LogP contribution in [0.1, 0.15) is 0 Å². The van der Waals surface area contributed by atoms with Crippen LogP contribution in [0.3, 0.4) is 0 Å². The Morgan fingerprint density at radius 2 is 1.09 bits per heavy atom. The number of hydrogen-bond acceptors (Lipinski definition) is 3. The molecule has 0 spiro atoms. The average Bonchev–Trinajstić information content (AvgIpc) is 1.84. The van der Waals surface area contributed by atoms with Crippen molar-refractivity contribution >= 4 is 28.2 Å². The smallest absolute Gasteiger partial charge is 0.328 e. The van der Waals surface area contributed by atoms with Crippen molar-refractivity contribution in [1.82, 2.24) is 0 Å². The molecule has 0 heterocycles. The van der Waals surface area contributed by atoms with Crippen molar-refractivity contribution in [2.75, 3.05) is 0 Å². The van der Waals surface area contributed by atoms with Gasteiger partial charge in [-0.15, -0.1) is 0 Å². The topological polar surface area (TPSA) is 112 Å². The van der Waals surface area contributed by atoms with Gasteiger partial charge in [-0.2, -0.15) is 0 Å². The molecule has 3 N–H and O–H groups in total. The summed E-state index contributed by atoms with van der Waals surface area (Å²) < 4.78 is 0. The summed E-state index contributed by atoms with van der Waals surface area (Å²) >= 11 is 0. The maximum atomic E-state index is 10.2. The second-order valence-electron chi connectivity index (χ2n) is 2.04. The molecule has 0 aliphatic rings. The van der Waals surface area contributed by atoms with E-state index in [0.717, 1.165) is 0 Å². The Labute approximate surface area is 63.9 Å². The number of rotatable bonds is 3. The second-order valence-corrected chi connectivity index (χ2v) is 3.54. The van der Waals surface area contributed by atoms with Crippen molar-refractivity contribution in [3.8, 4) is 0 Å². The molecule has 7 heteroatoms. The molecule has 0 bridgehead atoms. The van der Waals surface area contributed by atoms with Gasteiger partial charge in [0, 0.05) is 0 Å².